The number of carbonyl (C=O) groups excluding carboxylic acids is 1. The molecule has 0 saturated carbocycles. The Labute approximate surface area is 135 Å². The van der Waals surface area contributed by atoms with E-state index in [-0.39, 0.29) is 17.8 Å². The number of aromatic amines is 1. The fourth-order valence-electron chi connectivity index (χ4n) is 2.86. The molecular weight excluding hydrogens is 293 g/mol. The number of nitrogens with zero attached hydrogens (tertiary/aromatic N) is 2. The highest BCUT2D eigenvalue weighted by molar-refractivity contribution is 5.94. The SMILES string of the molecule is CCCC[C@H]1C=CCN1C(=O)c1cc(-c2ccccc2F)n[nH]1. The first kappa shape index (κ1) is 15.5. The Morgan fingerprint density at radius 2 is 2.26 bits per heavy atom. The van der Waals surface area contributed by atoms with Gasteiger partial charge in [-0.25, -0.2) is 4.39 Å². The lowest BCUT2D eigenvalue weighted by molar-refractivity contribution is 0.0737. The Balaban J connectivity index is 1.78. The molecule has 23 heavy (non-hydrogen) atoms. The van der Waals surface area contributed by atoms with Crippen molar-refractivity contribution in [2.75, 3.05) is 6.54 Å². The number of H-pyrrole nitrogens is 1. The molecule has 5 heteroatoms. The van der Waals surface area contributed by atoms with Gasteiger partial charge in [0.15, 0.2) is 0 Å². The Morgan fingerprint density at radius 1 is 1.43 bits per heavy atom. The third-order valence-corrected chi connectivity index (χ3v) is 4.13. The number of nitrogens with one attached hydrogen (secondary N) is 1. The number of aromatic nitrogens is 2. The van der Waals surface area contributed by atoms with Crippen molar-refractivity contribution in [1.82, 2.24) is 15.1 Å². The number of halogens is 1. The number of amides is 1. The standard InChI is InChI=1S/C18H20FN3O/c1-2-3-7-13-8-6-11-22(13)18(23)17-12-16(20-21-17)14-9-4-5-10-15(14)19/h4-6,8-10,12-13H,2-3,7,11H2,1H3,(H,20,21)/t13-/m0/s1. The largest absolute Gasteiger partial charge is 0.327 e. The summed E-state index contributed by atoms with van der Waals surface area (Å²) in [5.41, 5.74) is 1.24. The van der Waals surface area contributed by atoms with E-state index in [1.165, 1.54) is 6.07 Å². The molecule has 0 fully saturated rings. The van der Waals surface area contributed by atoms with E-state index in [1.54, 1.807) is 24.3 Å². The molecule has 120 valence electrons. The molecule has 1 aromatic heterocycles. The van der Waals surface area contributed by atoms with Crippen LogP contribution in [0, 0.1) is 5.82 Å². The summed E-state index contributed by atoms with van der Waals surface area (Å²) in [5.74, 6) is -0.437. The molecule has 1 amide bonds. The van der Waals surface area contributed by atoms with Crippen LogP contribution in [-0.2, 0) is 0 Å². The third-order valence-electron chi connectivity index (χ3n) is 4.13. The molecule has 0 spiro atoms. The van der Waals surface area contributed by atoms with Crippen molar-refractivity contribution in [3.05, 3.63) is 54.0 Å². The van der Waals surface area contributed by atoms with Crippen LogP contribution in [0.1, 0.15) is 36.7 Å². The first-order valence-corrected chi connectivity index (χ1v) is 7.98. The van der Waals surface area contributed by atoms with E-state index in [2.05, 4.69) is 23.2 Å². The average molecular weight is 313 g/mol. The molecule has 4 nitrogen and oxygen atoms in total. The summed E-state index contributed by atoms with van der Waals surface area (Å²) < 4.78 is 13.8. The van der Waals surface area contributed by atoms with Gasteiger partial charge in [-0.3, -0.25) is 9.89 Å². The lowest BCUT2D eigenvalue weighted by atomic mass is 10.1. The van der Waals surface area contributed by atoms with Crippen LogP contribution < -0.4 is 0 Å². The fraction of sp³-hybridized carbons (Fsp3) is 0.333. The van der Waals surface area contributed by atoms with Gasteiger partial charge in [0.25, 0.3) is 5.91 Å². The Morgan fingerprint density at radius 3 is 3.04 bits per heavy atom. The lowest BCUT2D eigenvalue weighted by Gasteiger charge is -2.23. The summed E-state index contributed by atoms with van der Waals surface area (Å²) in [5, 5.41) is 6.84. The normalized spacial score (nSPS) is 17.0. The number of unbranched alkanes of at least 4 members (excludes halogenated alkanes) is 1. The van der Waals surface area contributed by atoms with Crippen molar-refractivity contribution >= 4 is 5.91 Å². The van der Waals surface area contributed by atoms with E-state index in [1.807, 2.05) is 11.0 Å². The van der Waals surface area contributed by atoms with Crippen LogP contribution in [0.25, 0.3) is 11.3 Å². The number of hydrogen-bond acceptors (Lipinski definition) is 2. The van der Waals surface area contributed by atoms with Gasteiger partial charge in [0.1, 0.15) is 11.5 Å². The molecule has 1 N–H and O–H groups in total. The van der Waals surface area contributed by atoms with Crippen molar-refractivity contribution in [3.63, 3.8) is 0 Å². The highest BCUT2D eigenvalue weighted by Gasteiger charge is 2.26. The van der Waals surface area contributed by atoms with Gasteiger partial charge in [0, 0.05) is 12.1 Å². The second-order valence-corrected chi connectivity index (χ2v) is 5.74. The summed E-state index contributed by atoms with van der Waals surface area (Å²) in [7, 11) is 0. The van der Waals surface area contributed by atoms with Crippen LogP contribution in [-0.4, -0.2) is 33.6 Å². The van der Waals surface area contributed by atoms with Gasteiger partial charge < -0.3 is 4.90 Å². The average Bonchev–Trinajstić information content (AvgIpc) is 3.22. The topological polar surface area (TPSA) is 49.0 Å². The number of benzene rings is 1. The van der Waals surface area contributed by atoms with Crippen molar-refractivity contribution in [2.24, 2.45) is 0 Å². The minimum absolute atomic E-state index is 0.0915. The first-order chi connectivity index (χ1) is 11.2. The van der Waals surface area contributed by atoms with Crippen LogP contribution >= 0.6 is 0 Å². The second kappa shape index (κ2) is 6.77. The maximum Gasteiger partial charge on any atom is 0.272 e. The first-order valence-electron chi connectivity index (χ1n) is 7.98. The zero-order chi connectivity index (χ0) is 16.2. The monoisotopic (exact) mass is 313 g/mol. The molecule has 3 rings (SSSR count). The number of carbonyl (C=O) groups is 1. The highest BCUT2D eigenvalue weighted by Crippen LogP contribution is 2.23. The molecule has 0 saturated heterocycles. The van der Waals surface area contributed by atoms with E-state index >= 15 is 0 Å². The summed E-state index contributed by atoms with van der Waals surface area (Å²) >= 11 is 0. The molecule has 1 aliphatic rings. The molecular formula is C18H20FN3O. The molecule has 2 heterocycles. The molecule has 2 aromatic rings. The summed E-state index contributed by atoms with van der Waals surface area (Å²) in [6.45, 7) is 2.75. The molecule has 0 unspecified atom stereocenters. The van der Waals surface area contributed by atoms with Gasteiger partial charge in [-0.1, -0.05) is 44.1 Å². The van der Waals surface area contributed by atoms with Crippen molar-refractivity contribution in [1.29, 1.82) is 0 Å². The molecule has 0 bridgehead atoms. The summed E-state index contributed by atoms with van der Waals surface area (Å²) in [6, 6.07) is 8.18. The van der Waals surface area contributed by atoms with Crippen molar-refractivity contribution in [3.8, 4) is 11.3 Å². The summed E-state index contributed by atoms with van der Waals surface area (Å²) in [4.78, 5) is 14.5. The van der Waals surface area contributed by atoms with Gasteiger partial charge in [-0.05, 0) is 24.6 Å². The van der Waals surface area contributed by atoms with Gasteiger partial charge in [0.05, 0.1) is 11.7 Å². The van der Waals surface area contributed by atoms with Crippen molar-refractivity contribution < 1.29 is 9.18 Å². The van der Waals surface area contributed by atoms with E-state index in [0.717, 1.165) is 19.3 Å². The molecule has 1 atom stereocenters. The predicted octanol–water partition coefficient (Wildman–Crippen LogP) is 3.79. The fourth-order valence-corrected chi connectivity index (χ4v) is 2.86. The van der Waals surface area contributed by atoms with E-state index in [9.17, 15) is 9.18 Å². The van der Waals surface area contributed by atoms with Crippen LogP contribution in [0.4, 0.5) is 4.39 Å². The maximum atomic E-state index is 13.8. The smallest absolute Gasteiger partial charge is 0.272 e. The zero-order valence-corrected chi connectivity index (χ0v) is 13.1. The minimum atomic E-state index is -0.346. The van der Waals surface area contributed by atoms with E-state index in [4.69, 9.17) is 0 Å². The van der Waals surface area contributed by atoms with Gasteiger partial charge >= 0.3 is 0 Å². The van der Waals surface area contributed by atoms with E-state index < -0.39 is 0 Å². The Hall–Kier alpha value is -2.43. The second-order valence-electron chi connectivity index (χ2n) is 5.74. The number of rotatable bonds is 5. The van der Waals surface area contributed by atoms with Crippen LogP contribution in [0.3, 0.4) is 0 Å². The summed E-state index contributed by atoms with van der Waals surface area (Å²) in [6.07, 6.45) is 7.26. The van der Waals surface area contributed by atoms with E-state index in [0.29, 0.717) is 23.5 Å². The van der Waals surface area contributed by atoms with Crippen LogP contribution in [0.2, 0.25) is 0 Å². The predicted molar refractivity (Wildman–Crippen MR) is 87.5 cm³/mol. The highest BCUT2D eigenvalue weighted by atomic mass is 19.1. The zero-order valence-electron chi connectivity index (χ0n) is 13.1. The van der Waals surface area contributed by atoms with Gasteiger partial charge in [-0.2, -0.15) is 5.10 Å². The quantitative estimate of drug-likeness (QED) is 0.854. The third kappa shape index (κ3) is 3.18. The van der Waals surface area contributed by atoms with Crippen LogP contribution in [0.5, 0.6) is 0 Å². The Kier molecular flexibility index (Phi) is 4.55. The van der Waals surface area contributed by atoms with Gasteiger partial charge in [0.2, 0.25) is 0 Å². The van der Waals surface area contributed by atoms with Gasteiger partial charge in [-0.15, -0.1) is 0 Å². The van der Waals surface area contributed by atoms with Crippen LogP contribution in [0.15, 0.2) is 42.5 Å². The Bertz CT molecular complexity index is 723. The number of hydrogen-bond donors (Lipinski definition) is 1. The molecule has 0 aliphatic carbocycles. The molecule has 1 aromatic carbocycles. The minimum Gasteiger partial charge on any atom is -0.327 e. The molecule has 1 aliphatic heterocycles. The maximum absolute atomic E-state index is 13.8. The molecule has 0 radical (unpaired) electrons. The van der Waals surface area contributed by atoms with Crippen molar-refractivity contribution in [2.45, 2.75) is 32.2 Å². The lowest BCUT2D eigenvalue weighted by Crippen LogP contribution is -2.36.